The number of hydrogen-bond acceptors (Lipinski definition) is 6. The zero-order chi connectivity index (χ0) is 27.3. The molecule has 0 rings (SSSR count). The van der Waals surface area contributed by atoms with E-state index in [1.54, 1.807) is 48.5 Å². The summed E-state index contributed by atoms with van der Waals surface area (Å²) >= 11 is 0. The fourth-order valence-corrected chi connectivity index (χ4v) is 1.77. The fourth-order valence-electron chi connectivity index (χ4n) is 1.77. The zero-order valence-corrected chi connectivity index (χ0v) is 20.6. The Labute approximate surface area is 190 Å². The molecule has 0 spiro atoms. The lowest BCUT2D eigenvalue weighted by Crippen LogP contribution is -2.35. The van der Waals surface area contributed by atoms with Crippen LogP contribution < -0.4 is 0 Å². The number of hydrogen-bond donors (Lipinski definition) is 1. The van der Waals surface area contributed by atoms with Crippen LogP contribution in [0, 0.1) is 10.8 Å². The van der Waals surface area contributed by atoms with Crippen LogP contribution in [0.3, 0.4) is 0 Å². The van der Waals surface area contributed by atoms with E-state index in [9.17, 15) is 31.9 Å². The molecule has 6 nitrogen and oxygen atoms in total. The summed E-state index contributed by atoms with van der Waals surface area (Å²) in [7, 11) is 0. The van der Waals surface area contributed by atoms with Crippen LogP contribution in [0.2, 0.25) is 0 Å². The quantitative estimate of drug-likeness (QED) is 0.294. The van der Waals surface area contributed by atoms with Crippen LogP contribution in [-0.2, 0) is 23.9 Å². The highest BCUT2D eigenvalue weighted by Gasteiger charge is 2.39. The minimum Gasteiger partial charge on any atom is -0.460 e. The number of carbonyl (C=O) groups excluding carboxylic acids is 3. The van der Waals surface area contributed by atoms with Crippen molar-refractivity contribution in [3.63, 3.8) is 0 Å². The molecule has 10 heteroatoms. The van der Waals surface area contributed by atoms with Crippen molar-refractivity contribution in [1.29, 1.82) is 0 Å². The van der Waals surface area contributed by atoms with E-state index >= 15 is 0 Å². The van der Waals surface area contributed by atoms with Crippen LogP contribution in [0.5, 0.6) is 0 Å². The minimum absolute atomic E-state index is 0.0988. The van der Waals surface area contributed by atoms with Crippen molar-refractivity contribution in [2.24, 2.45) is 10.8 Å². The molecule has 2 atom stereocenters. The summed E-state index contributed by atoms with van der Waals surface area (Å²) in [4.78, 5) is 33.0. The molecule has 0 fully saturated rings. The number of ether oxygens (including phenoxy) is 2. The fraction of sp³-hybridized carbons (Fsp3) is 0.864. The summed E-state index contributed by atoms with van der Waals surface area (Å²) in [6.45, 7) is 13.6. The van der Waals surface area contributed by atoms with Gasteiger partial charge in [0.05, 0.1) is 30.3 Å². The first-order valence-corrected chi connectivity index (χ1v) is 9.99. The number of aliphatic hydroxyl groups excluding tert-OH is 1. The van der Waals surface area contributed by atoms with E-state index in [1.165, 1.54) is 0 Å². The van der Waals surface area contributed by atoms with Crippen LogP contribution in [0.15, 0.2) is 0 Å². The highest BCUT2D eigenvalue weighted by molar-refractivity contribution is 5.76. The maximum Gasteiger partial charge on any atom is 0.307 e. The van der Waals surface area contributed by atoms with E-state index in [2.05, 4.69) is 0 Å². The molecule has 0 aromatic rings. The van der Waals surface area contributed by atoms with Crippen molar-refractivity contribution in [3.05, 3.63) is 0 Å². The Balaban J connectivity index is -0.000000487. The Morgan fingerprint density at radius 2 is 1.22 bits per heavy atom. The standard InChI is InChI=1S/C10H18F2O3.C10H16F2O3.C2H6/c2*1-9(2,3)15-7(14)5-10(4,6-13)8(11)12;1-2/h8,13H,5-6H2,1-4H3;6,8H,5H2,1-4H3;1-2H3/i;;1D. The molecule has 0 aliphatic carbocycles. The Morgan fingerprint density at radius 1 is 0.875 bits per heavy atom. The van der Waals surface area contributed by atoms with Gasteiger partial charge in [0.2, 0.25) is 6.43 Å². The zero-order valence-electron chi connectivity index (χ0n) is 21.6. The highest BCUT2D eigenvalue weighted by atomic mass is 19.3. The summed E-state index contributed by atoms with van der Waals surface area (Å²) in [6.07, 6.45) is -6.62. The van der Waals surface area contributed by atoms with Crippen LogP contribution in [0.25, 0.3) is 0 Å². The smallest absolute Gasteiger partial charge is 0.307 e. The summed E-state index contributed by atoms with van der Waals surface area (Å²) in [5.74, 6) is -1.52. The van der Waals surface area contributed by atoms with Gasteiger partial charge in [-0.3, -0.25) is 9.59 Å². The van der Waals surface area contributed by atoms with E-state index in [4.69, 9.17) is 16.0 Å². The van der Waals surface area contributed by atoms with Crippen molar-refractivity contribution in [2.45, 2.75) is 106 Å². The SMILES string of the molecule is CC(C)(C)OC(=O)CC(C)(C=O)C(F)F.CC(C)(C)OC(=O)CC(C)(CO)C(F)F.[2H]CC. The molecule has 0 heterocycles. The van der Waals surface area contributed by atoms with Crippen molar-refractivity contribution >= 4 is 18.2 Å². The molecule has 0 aromatic heterocycles. The molecule has 2 unspecified atom stereocenters. The predicted molar refractivity (Wildman–Crippen MR) is 114 cm³/mol. The van der Waals surface area contributed by atoms with Gasteiger partial charge in [0.1, 0.15) is 17.5 Å². The Bertz CT molecular complexity index is 590. The summed E-state index contributed by atoms with van der Waals surface area (Å²) in [6, 6.07) is 0. The Kier molecular flexibility index (Phi) is 14.7. The van der Waals surface area contributed by atoms with Gasteiger partial charge in [-0.2, -0.15) is 0 Å². The third-order valence-electron chi connectivity index (χ3n) is 3.57. The summed E-state index contributed by atoms with van der Waals surface area (Å²) < 4.78 is 65.9. The van der Waals surface area contributed by atoms with Gasteiger partial charge in [-0.05, 0) is 48.5 Å². The molecule has 0 saturated carbocycles. The summed E-state index contributed by atoms with van der Waals surface area (Å²) in [5.41, 5.74) is -5.11. The largest absolute Gasteiger partial charge is 0.460 e. The van der Waals surface area contributed by atoms with E-state index < -0.39 is 66.3 Å². The predicted octanol–water partition coefficient (Wildman–Crippen LogP) is 5.20. The number of esters is 2. The van der Waals surface area contributed by atoms with E-state index in [0.29, 0.717) is 6.90 Å². The highest BCUT2D eigenvalue weighted by Crippen LogP contribution is 2.30. The number of halogens is 4. The van der Waals surface area contributed by atoms with Crippen LogP contribution in [0.1, 0.15) is 83.4 Å². The molecule has 1 N–H and O–H groups in total. The molecular weight excluding hydrogens is 436 g/mol. The van der Waals surface area contributed by atoms with Crippen LogP contribution >= 0.6 is 0 Å². The third-order valence-corrected chi connectivity index (χ3v) is 3.57. The second-order valence-corrected chi connectivity index (χ2v) is 9.56. The molecule has 0 aliphatic rings. The monoisotopic (exact) mass is 477 g/mol. The molecule has 0 saturated heterocycles. The van der Waals surface area contributed by atoms with Gasteiger partial charge in [0.25, 0.3) is 6.43 Å². The molecule has 0 radical (unpaired) electrons. The molecule has 0 bridgehead atoms. The van der Waals surface area contributed by atoms with Crippen molar-refractivity contribution in [1.82, 2.24) is 0 Å². The Hall–Kier alpha value is -1.71. The van der Waals surface area contributed by atoms with Crippen LogP contribution in [0.4, 0.5) is 17.6 Å². The maximum absolute atomic E-state index is 12.5. The lowest BCUT2D eigenvalue weighted by Gasteiger charge is -2.27. The maximum atomic E-state index is 12.5. The lowest BCUT2D eigenvalue weighted by molar-refractivity contribution is -0.162. The summed E-state index contributed by atoms with van der Waals surface area (Å²) in [5, 5.41) is 8.82. The minimum atomic E-state index is -2.87. The van der Waals surface area contributed by atoms with Crippen molar-refractivity contribution < 1.29 is 47.9 Å². The first kappa shape index (κ1) is 32.5. The number of alkyl halides is 4. The van der Waals surface area contributed by atoms with Gasteiger partial charge in [0.15, 0.2) is 0 Å². The van der Waals surface area contributed by atoms with Gasteiger partial charge >= 0.3 is 11.9 Å². The molecule has 0 amide bonds. The molecule has 192 valence electrons. The van der Waals surface area contributed by atoms with E-state index in [0.717, 1.165) is 13.8 Å². The molecule has 32 heavy (non-hydrogen) atoms. The molecular formula is C22H40F4O6. The molecule has 0 aromatic carbocycles. The van der Waals surface area contributed by atoms with Crippen molar-refractivity contribution in [3.8, 4) is 0 Å². The topological polar surface area (TPSA) is 89.9 Å². The third kappa shape index (κ3) is 16.0. The average molecular weight is 478 g/mol. The number of aliphatic hydroxyl groups is 1. The molecule has 0 aliphatic heterocycles. The van der Waals surface area contributed by atoms with Gasteiger partial charge < -0.3 is 19.4 Å². The first-order chi connectivity index (χ1) is 14.6. The van der Waals surface area contributed by atoms with Gasteiger partial charge in [-0.15, -0.1) is 0 Å². The average Bonchev–Trinajstić information content (AvgIpc) is 2.58. The van der Waals surface area contributed by atoms with Crippen molar-refractivity contribution in [2.75, 3.05) is 6.61 Å². The second kappa shape index (κ2) is 14.4. The van der Waals surface area contributed by atoms with Gasteiger partial charge in [-0.1, -0.05) is 20.7 Å². The van der Waals surface area contributed by atoms with Gasteiger partial charge in [-0.25, -0.2) is 17.6 Å². The lowest BCUT2D eigenvalue weighted by atomic mass is 9.88. The van der Waals surface area contributed by atoms with E-state index in [1.807, 2.05) is 0 Å². The number of rotatable bonds is 8. The second-order valence-electron chi connectivity index (χ2n) is 9.56. The normalized spacial score (nSPS) is 15.7. The number of aldehydes is 1. The number of carbonyl (C=O) groups is 3. The van der Waals surface area contributed by atoms with Gasteiger partial charge in [0, 0.05) is 1.37 Å². The Morgan fingerprint density at radius 3 is 1.44 bits per heavy atom. The van der Waals surface area contributed by atoms with E-state index in [-0.39, 0.29) is 6.29 Å². The first-order valence-electron chi connectivity index (χ1n) is 10.7. The van der Waals surface area contributed by atoms with Crippen LogP contribution in [-0.4, -0.2) is 54.0 Å².